The second kappa shape index (κ2) is 7.85. The molecule has 0 aliphatic rings. The Morgan fingerprint density at radius 3 is 2.48 bits per heavy atom. The number of thiocarbonyl (C=S) groups is 1. The summed E-state index contributed by atoms with van der Waals surface area (Å²) >= 11 is 5.54. The van der Waals surface area contributed by atoms with E-state index in [9.17, 15) is 4.79 Å². The van der Waals surface area contributed by atoms with Gasteiger partial charge in [-0.15, -0.1) is 0 Å². The summed E-state index contributed by atoms with van der Waals surface area (Å²) in [7, 11) is 0. The van der Waals surface area contributed by atoms with Crippen molar-refractivity contribution in [3.8, 4) is 0 Å². The van der Waals surface area contributed by atoms with Crippen LogP contribution in [-0.4, -0.2) is 10.8 Å². The van der Waals surface area contributed by atoms with Crippen molar-refractivity contribution in [3.63, 3.8) is 0 Å². The fourth-order valence-electron chi connectivity index (χ4n) is 2.53. The van der Waals surface area contributed by atoms with Crippen LogP contribution in [-0.2, 0) is 6.54 Å². The van der Waals surface area contributed by atoms with Gasteiger partial charge >= 0.3 is 0 Å². The van der Waals surface area contributed by atoms with Crippen molar-refractivity contribution in [3.05, 3.63) is 90.1 Å². The lowest BCUT2D eigenvalue weighted by molar-refractivity contribution is -0.692. The van der Waals surface area contributed by atoms with Gasteiger partial charge in [0.2, 0.25) is 5.78 Å². The highest BCUT2D eigenvalue weighted by atomic mass is 32.1. The second-order valence-electron chi connectivity index (χ2n) is 5.75. The van der Waals surface area contributed by atoms with E-state index in [4.69, 9.17) is 16.6 Å². The Hall–Kier alpha value is -2.79. The highest BCUT2D eigenvalue weighted by molar-refractivity contribution is 7.80. The number of aryl methyl sites for hydroxylation is 1. The Morgan fingerprint density at radius 2 is 1.84 bits per heavy atom. The van der Waals surface area contributed by atoms with Crippen LogP contribution in [0.3, 0.4) is 0 Å². The molecule has 1 N–H and O–H groups in total. The zero-order valence-corrected chi connectivity index (χ0v) is 14.7. The number of furan rings is 1. The lowest BCUT2D eigenvalue weighted by atomic mass is 10.0. The molecule has 0 aliphatic carbocycles. The number of rotatable bonds is 6. The summed E-state index contributed by atoms with van der Waals surface area (Å²) < 4.78 is 7.13. The minimum absolute atomic E-state index is 0.0480. The van der Waals surface area contributed by atoms with Crippen LogP contribution in [0.5, 0.6) is 0 Å². The van der Waals surface area contributed by atoms with E-state index in [0.29, 0.717) is 17.1 Å². The number of hydrogen-bond donors (Lipinski definition) is 1. The normalized spacial score (nSPS) is 11.7. The number of aromatic nitrogens is 1. The van der Waals surface area contributed by atoms with Crippen LogP contribution in [0, 0.1) is 6.92 Å². The summed E-state index contributed by atoms with van der Waals surface area (Å²) in [6, 6.07) is 16.3. The molecule has 25 heavy (non-hydrogen) atoms. The maximum Gasteiger partial charge on any atom is 0.270 e. The number of benzene rings is 1. The number of pyridine rings is 1. The second-order valence-corrected chi connectivity index (χ2v) is 6.19. The summed E-state index contributed by atoms with van der Waals surface area (Å²) in [5.41, 5.74) is 1.74. The molecular formula is C20H19N2O2S+. The third-order valence-electron chi connectivity index (χ3n) is 3.89. The van der Waals surface area contributed by atoms with Gasteiger partial charge in [0, 0.05) is 17.7 Å². The first-order chi connectivity index (χ1) is 12.1. The minimum Gasteiger partial charge on any atom is -0.467 e. The lowest BCUT2D eigenvalue weighted by Gasteiger charge is -2.14. The van der Waals surface area contributed by atoms with Crippen LogP contribution < -0.4 is 9.88 Å². The van der Waals surface area contributed by atoms with Crippen molar-refractivity contribution in [1.29, 1.82) is 0 Å². The quantitative estimate of drug-likeness (QED) is 0.420. The fraction of sp³-hybridized carbons (Fsp3) is 0.150. The molecule has 0 bridgehead atoms. The molecule has 0 saturated heterocycles. The maximum atomic E-state index is 13.1. The van der Waals surface area contributed by atoms with Crippen molar-refractivity contribution < 1.29 is 13.8 Å². The molecule has 0 fully saturated rings. The van der Waals surface area contributed by atoms with E-state index >= 15 is 0 Å². The van der Waals surface area contributed by atoms with Gasteiger partial charge in [-0.3, -0.25) is 4.79 Å². The van der Waals surface area contributed by atoms with Crippen molar-refractivity contribution >= 4 is 23.0 Å². The van der Waals surface area contributed by atoms with Gasteiger partial charge in [-0.2, -0.15) is 4.57 Å². The Labute approximate surface area is 152 Å². The predicted molar refractivity (Wildman–Crippen MR) is 99.3 cm³/mol. The van der Waals surface area contributed by atoms with Crippen LogP contribution in [0.25, 0.3) is 0 Å². The molecule has 1 atom stereocenters. The number of hydrogen-bond acceptors (Lipinski definition) is 3. The van der Waals surface area contributed by atoms with E-state index < -0.39 is 6.04 Å². The van der Waals surface area contributed by atoms with Crippen LogP contribution in [0.1, 0.15) is 27.7 Å². The smallest absolute Gasteiger partial charge is 0.270 e. The molecule has 2 heterocycles. The first-order valence-electron chi connectivity index (χ1n) is 8.02. The Bertz CT molecular complexity index is 843. The van der Waals surface area contributed by atoms with Crippen LogP contribution in [0.2, 0.25) is 0 Å². The fourth-order valence-corrected chi connectivity index (χ4v) is 2.83. The van der Waals surface area contributed by atoms with Crippen LogP contribution in [0.15, 0.2) is 77.7 Å². The molecule has 2 aromatic heterocycles. The van der Waals surface area contributed by atoms with Crippen molar-refractivity contribution in [1.82, 2.24) is 5.32 Å². The molecule has 3 aromatic rings. The van der Waals surface area contributed by atoms with Crippen LogP contribution >= 0.6 is 12.2 Å². The van der Waals surface area contributed by atoms with Gasteiger partial charge in [0.15, 0.2) is 17.4 Å². The predicted octanol–water partition coefficient (Wildman–Crippen LogP) is 3.42. The first kappa shape index (κ1) is 17.0. The maximum absolute atomic E-state index is 13.1. The SMILES string of the molecule is Cc1ccc(C(=O)[C@@H](C(=S)NCc2ccco2)[n+]2ccccc2)cc1. The highest BCUT2D eigenvalue weighted by Crippen LogP contribution is 2.13. The van der Waals surface area contributed by atoms with Gasteiger partial charge in [0.05, 0.1) is 12.8 Å². The monoisotopic (exact) mass is 351 g/mol. The number of carbonyl (C=O) groups is 1. The molecule has 3 rings (SSSR count). The van der Waals surface area contributed by atoms with Gasteiger partial charge in [-0.1, -0.05) is 48.1 Å². The number of nitrogens with zero attached hydrogens (tertiary/aromatic N) is 1. The zero-order valence-electron chi connectivity index (χ0n) is 13.9. The van der Waals surface area contributed by atoms with E-state index in [1.165, 1.54) is 0 Å². The van der Waals surface area contributed by atoms with Crippen molar-refractivity contribution in [2.75, 3.05) is 0 Å². The first-order valence-corrected chi connectivity index (χ1v) is 8.43. The molecule has 4 nitrogen and oxygen atoms in total. The molecule has 1 aromatic carbocycles. The molecule has 5 heteroatoms. The third-order valence-corrected chi connectivity index (χ3v) is 4.25. The third kappa shape index (κ3) is 4.19. The summed E-state index contributed by atoms with van der Waals surface area (Å²) in [6.07, 6.45) is 5.30. The zero-order chi connectivity index (χ0) is 17.6. The lowest BCUT2D eigenvalue weighted by Crippen LogP contribution is -2.51. The molecule has 0 spiro atoms. The minimum atomic E-state index is -0.603. The molecule has 0 aliphatic heterocycles. The topological polar surface area (TPSA) is 46.1 Å². The standard InChI is InChI=1S/C20H18N2O2S/c1-15-7-9-16(10-8-15)19(23)18(22-11-3-2-4-12-22)20(25)21-14-17-6-5-13-24-17/h2-13,18H,14H2,1H3/p+1/t18-/m0/s1. The largest absolute Gasteiger partial charge is 0.467 e. The average molecular weight is 351 g/mol. The summed E-state index contributed by atoms with van der Waals surface area (Å²) in [5.74, 6) is 0.718. The molecular weight excluding hydrogens is 332 g/mol. The number of Topliss-reactive ketones (excluding diaryl/α,β-unsaturated/α-hetero) is 1. The van der Waals surface area contributed by atoms with Crippen LogP contribution in [0.4, 0.5) is 0 Å². The summed E-state index contributed by atoms with van der Waals surface area (Å²) in [6.45, 7) is 2.43. The van der Waals surface area contributed by atoms with Gasteiger partial charge in [-0.25, -0.2) is 0 Å². The van der Waals surface area contributed by atoms with Gasteiger partial charge < -0.3 is 9.73 Å². The highest BCUT2D eigenvalue weighted by Gasteiger charge is 2.32. The molecule has 0 amide bonds. The number of nitrogens with one attached hydrogen (secondary N) is 1. The molecule has 126 valence electrons. The summed E-state index contributed by atoms with van der Waals surface area (Å²) in [4.78, 5) is 13.5. The van der Waals surface area contributed by atoms with E-state index in [0.717, 1.165) is 11.3 Å². The Morgan fingerprint density at radius 1 is 1.12 bits per heavy atom. The van der Waals surface area contributed by atoms with E-state index in [-0.39, 0.29) is 5.78 Å². The van der Waals surface area contributed by atoms with Gasteiger partial charge in [0.1, 0.15) is 5.76 Å². The molecule has 0 radical (unpaired) electrons. The summed E-state index contributed by atoms with van der Waals surface area (Å²) in [5, 5.41) is 3.14. The van der Waals surface area contributed by atoms with Gasteiger partial charge in [0.25, 0.3) is 6.04 Å². The molecule has 0 saturated carbocycles. The van der Waals surface area contributed by atoms with Gasteiger partial charge in [-0.05, 0) is 19.1 Å². The average Bonchev–Trinajstić information content (AvgIpc) is 3.15. The Balaban J connectivity index is 1.85. The number of ketones is 1. The van der Waals surface area contributed by atoms with E-state index in [1.807, 2.05) is 78.5 Å². The number of carbonyl (C=O) groups excluding carboxylic acids is 1. The Kier molecular flexibility index (Phi) is 5.36. The van der Waals surface area contributed by atoms with E-state index in [1.54, 1.807) is 6.26 Å². The molecule has 0 unspecified atom stereocenters. The van der Waals surface area contributed by atoms with Crippen molar-refractivity contribution in [2.24, 2.45) is 0 Å². The van der Waals surface area contributed by atoms with E-state index in [2.05, 4.69) is 5.32 Å². The van der Waals surface area contributed by atoms with Crippen molar-refractivity contribution in [2.45, 2.75) is 19.5 Å².